The van der Waals surface area contributed by atoms with Crippen LogP contribution in [0.1, 0.15) is 53.4 Å². The summed E-state index contributed by atoms with van der Waals surface area (Å²) in [5.74, 6) is -4.13. The lowest BCUT2D eigenvalue weighted by molar-refractivity contribution is -0.230. The van der Waals surface area contributed by atoms with E-state index in [-0.39, 0.29) is 18.3 Å². The van der Waals surface area contributed by atoms with Crippen LogP contribution in [-0.4, -0.2) is 50.4 Å². The number of allylic oxidation sites excluding steroid dienone is 4. The lowest BCUT2D eigenvalue weighted by Gasteiger charge is -2.63. The van der Waals surface area contributed by atoms with Gasteiger partial charge in [0.05, 0.1) is 11.0 Å². The predicted octanol–water partition coefficient (Wildman–Crippen LogP) is 3.51. The molecular weight excluding hydrogens is 427 g/mol. The van der Waals surface area contributed by atoms with E-state index < -0.39 is 56.9 Å². The van der Waals surface area contributed by atoms with Gasteiger partial charge in [-0.15, -0.1) is 11.6 Å². The molecule has 0 bridgehead atoms. The molecule has 5 rings (SSSR count). The number of carboxylic acids is 1. The van der Waals surface area contributed by atoms with Gasteiger partial charge in [-0.2, -0.15) is 0 Å². The van der Waals surface area contributed by atoms with E-state index in [4.69, 9.17) is 21.1 Å². The molecule has 0 aromatic carbocycles. The molecule has 170 valence electrons. The average molecular weight is 455 g/mol. The van der Waals surface area contributed by atoms with Gasteiger partial charge in [0.25, 0.3) is 0 Å². The molecule has 31 heavy (non-hydrogen) atoms. The minimum absolute atomic E-state index is 0.0756. The Morgan fingerprint density at radius 2 is 1.94 bits per heavy atom. The van der Waals surface area contributed by atoms with Gasteiger partial charge in [-0.05, 0) is 63.0 Å². The van der Waals surface area contributed by atoms with Crippen molar-refractivity contribution in [1.82, 2.24) is 0 Å². The summed E-state index contributed by atoms with van der Waals surface area (Å²) in [5.41, 5.74) is -3.25. The Balaban J connectivity index is 1.65. The topological polar surface area (TPSA) is 93.1 Å². The Labute approximate surface area is 185 Å². The van der Waals surface area contributed by atoms with E-state index in [0.29, 0.717) is 24.8 Å². The van der Waals surface area contributed by atoms with Crippen LogP contribution in [-0.2, 0) is 19.1 Å². The standard InChI is InChI=1S/C23H28ClFO6/c1-19(2)30-16-9-13-11-5-6-12-17(25)14(26)7-8-20(12,3)22(11,24)15(27)10-21(13,4)23(16,31-19)18(28)29/h7-8,11,13,15-16,27H,5-6,9-10H2,1-4H3,(H,28,29)/t11-,13-,15-,16+,20-,21-,22-,23-/m0/s1. The highest BCUT2D eigenvalue weighted by molar-refractivity contribution is 6.26. The molecule has 0 aromatic rings. The van der Waals surface area contributed by atoms with Gasteiger partial charge in [0.15, 0.2) is 17.2 Å². The summed E-state index contributed by atoms with van der Waals surface area (Å²) in [6, 6.07) is 0. The first-order chi connectivity index (χ1) is 14.2. The number of hydrogen-bond acceptors (Lipinski definition) is 5. The van der Waals surface area contributed by atoms with E-state index in [9.17, 15) is 24.2 Å². The third-order valence-electron chi connectivity index (χ3n) is 9.04. The number of carboxylic acid groups (broad SMARTS) is 1. The first kappa shape index (κ1) is 21.6. The SMILES string of the molecule is CC1(C)O[C@@H]2C[C@H]3[C@@H]4CCC5=C(F)C(=O)C=C[C@]5(C)[C@@]4(Cl)[C@@H](O)C[C@]3(C)[C@]2(C(=O)O)O1. The number of alkyl halides is 1. The Bertz CT molecular complexity index is 960. The third kappa shape index (κ3) is 2.24. The fraction of sp³-hybridized carbons (Fsp3) is 0.739. The second kappa shape index (κ2) is 5.99. The van der Waals surface area contributed by atoms with Crippen LogP contribution in [0.15, 0.2) is 23.6 Å². The molecule has 0 amide bonds. The van der Waals surface area contributed by atoms with Crippen molar-refractivity contribution in [3.63, 3.8) is 0 Å². The van der Waals surface area contributed by atoms with E-state index in [2.05, 4.69) is 0 Å². The van der Waals surface area contributed by atoms with Crippen molar-refractivity contribution in [2.24, 2.45) is 22.7 Å². The number of hydrogen-bond donors (Lipinski definition) is 2. The summed E-state index contributed by atoms with van der Waals surface area (Å²) >= 11 is 7.28. The van der Waals surface area contributed by atoms with Crippen LogP contribution in [0.5, 0.6) is 0 Å². The Morgan fingerprint density at radius 1 is 1.26 bits per heavy atom. The first-order valence-electron chi connectivity index (χ1n) is 10.9. The molecule has 4 aliphatic carbocycles. The number of rotatable bonds is 1. The molecule has 4 fully saturated rings. The molecule has 1 heterocycles. The Kier molecular flexibility index (Phi) is 4.16. The van der Waals surface area contributed by atoms with Gasteiger partial charge in [-0.3, -0.25) is 4.79 Å². The monoisotopic (exact) mass is 454 g/mol. The average Bonchev–Trinajstić information content (AvgIpc) is 3.07. The van der Waals surface area contributed by atoms with Crippen LogP contribution in [0.2, 0.25) is 0 Å². The molecule has 8 heteroatoms. The Morgan fingerprint density at radius 3 is 2.58 bits per heavy atom. The van der Waals surface area contributed by atoms with Gasteiger partial charge >= 0.3 is 5.97 Å². The van der Waals surface area contributed by atoms with Gasteiger partial charge in [-0.1, -0.05) is 19.9 Å². The van der Waals surface area contributed by atoms with Crippen LogP contribution in [0, 0.1) is 22.7 Å². The molecule has 5 aliphatic rings. The molecule has 6 nitrogen and oxygen atoms in total. The number of aliphatic hydroxyl groups is 1. The molecule has 8 atom stereocenters. The molecule has 0 aromatic heterocycles. The number of fused-ring (bicyclic) bond motifs is 7. The van der Waals surface area contributed by atoms with E-state index in [0.717, 1.165) is 0 Å². The number of halogens is 2. The van der Waals surface area contributed by atoms with Gasteiger partial charge in [0, 0.05) is 10.8 Å². The normalized spacial score (nSPS) is 52.4. The zero-order valence-electron chi connectivity index (χ0n) is 18.1. The number of carbonyl (C=O) groups excluding carboxylic acids is 1. The van der Waals surface area contributed by atoms with Gasteiger partial charge in [0.2, 0.25) is 5.78 Å². The van der Waals surface area contributed by atoms with Crippen LogP contribution >= 0.6 is 11.6 Å². The van der Waals surface area contributed by atoms with Crippen molar-refractivity contribution in [2.45, 2.75) is 81.8 Å². The summed E-state index contributed by atoms with van der Waals surface area (Å²) in [5, 5.41) is 21.8. The summed E-state index contributed by atoms with van der Waals surface area (Å²) in [6.07, 6.45) is 2.30. The maximum Gasteiger partial charge on any atom is 0.339 e. The predicted molar refractivity (Wildman–Crippen MR) is 109 cm³/mol. The second-order valence-corrected chi connectivity index (χ2v) is 11.4. The zero-order chi connectivity index (χ0) is 22.8. The quantitative estimate of drug-likeness (QED) is 0.589. The number of ketones is 1. The van der Waals surface area contributed by atoms with Crippen molar-refractivity contribution in [1.29, 1.82) is 0 Å². The van der Waals surface area contributed by atoms with Gasteiger partial charge < -0.3 is 19.7 Å². The van der Waals surface area contributed by atoms with Crippen LogP contribution in [0.4, 0.5) is 4.39 Å². The highest BCUT2D eigenvalue weighted by Gasteiger charge is 2.80. The largest absolute Gasteiger partial charge is 0.479 e. The molecule has 3 saturated carbocycles. The number of aliphatic hydroxyl groups excluding tert-OH is 1. The van der Waals surface area contributed by atoms with E-state index in [1.165, 1.54) is 6.08 Å². The summed E-state index contributed by atoms with van der Waals surface area (Å²) in [4.78, 5) is 23.3. The number of ether oxygens (including phenoxy) is 2. The van der Waals surface area contributed by atoms with Crippen LogP contribution < -0.4 is 0 Å². The van der Waals surface area contributed by atoms with Crippen molar-refractivity contribution >= 4 is 23.4 Å². The van der Waals surface area contributed by atoms with Crippen molar-refractivity contribution in [2.75, 3.05) is 0 Å². The third-order valence-corrected chi connectivity index (χ3v) is 9.97. The highest BCUT2D eigenvalue weighted by atomic mass is 35.5. The molecule has 0 radical (unpaired) electrons. The van der Waals surface area contributed by atoms with Crippen molar-refractivity contribution in [3.8, 4) is 0 Å². The van der Waals surface area contributed by atoms with E-state index >= 15 is 0 Å². The summed E-state index contributed by atoms with van der Waals surface area (Å²) in [6.45, 7) is 7.02. The van der Waals surface area contributed by atoms with Crippen molar-refractivity contribution < 1.29 is 33.7 Å². The minimum atomic E-state index is -1.60. The molecule has 1 saturated heterocycles. The fourth-order valence-corrected chi connectivity index (χ4v) is 8.27. The second-order valence-electron chi connectivity index (χ2n) is 10.7. The summed E-state index contributed by atoms with van der Waals surface area (Å²) in [7, 11) is 0. The number of aliphatic carboxylic acids is 1. The highest BCUT2D eigenvalue weighted by Crippen LogP contribution is 2.73. The lowest BCUT2D eigenvalue weighted by Crippen LogP contribution is -2.69. The fourth-order valence-electron chi connectivity index (χ4n) is 7.76. The van der Waals surface area contributed by atoms with E-state index in [1.54, 1.807) is 26.8 Å². The summed E-state index contributed by atoms with van der Waals surface area (Å²) < 4.78 is 27.0. The first-order valence-corrected chi connectivity index (χ1v) is 11.2. The van der Waals surface area contributed by atoms with E-state index in [1.807, 2.05) is 6.92 Å². The maximum atomic E-state index is 14.8. The molecule has 0 unspecified atom stereocenters. The van der Waals surface area contributed by atoms with Crippen molar-refractivity contribution in [3.05, 3.63) is 23.6 Å². The minimum Gasteiger partial charge on any atom is -0.479 e. The molecule has 2 N–H and O–H groups in total. The maximum absolute atomic E-state index is 14.8. The molecular formula is C23H28ClFO6. The smallest absolute Gasteiger partial charge is 0.339 e. The molecule has 0 spiro atoms. The molecule has 1 aliphatic heterocycles. The lowest BCUT2D eigenvalue weighted by atomic mass is 9.45. The van der Waals surface area contributed by atoms with Gasteiger partial charge in [-0.25, -0.2) is 9.18 Å². The zero-order valence-corrected chi connectivity index (χ0v) is 18.8. The van der Waals surface area contributed by atoms with Crippen LogP contribution in [0.3, 0.4) is 0 Å². The Hall–Kier alpha value is -1.28. The van der Waals surface area contributed by atoms with Crippen LogP contribution in [0.25, 0.3) is 0 Å². The number of carbonyl (C=O) groups is 2. The van der Waals surface area contributed by atoms with Gasteiger partial charge in [0.1, 0.15) is 6.10 Å².